The SMILES string of the molecule is COc1ccccc1CC(CCCSC)C(=O)O. The van der Waals surface area contributed by atoms with Gasteiger partial charge in [0.05, 0.1) is 13.0 Å². The first kappa shape index (κ1) is 14.9. The summed E-state index contributed by atoms with van der Waals surface area (Å²) in [6.45, 7) is 0. The molecule has 0 aliphatic carbocycles. The average molecular weight is 268 g/mol. The first-order valence-electron chi connectivity index (χ1n) is 6.02. The van der Waals surface area contributed by atoms with Gasteiger partial charge in [-0.1, -0.05) is 18.2 Å². The molecule has 0 fully saturated rings. The van der Waals surface area contributed by atoms with Gasteiger partial charge in [-0.3, -0.25) is 4.79 Å². The highest BCUT2D eigenvalue weighted by Gasteiger charge is 2.19. The third-order valence-electron chi connectivity index (χ3n) is 2.91. The topological polar surface area (TPSA) is 46.5 Å². The number of rotatable bonds is 8. The predicted molar refractivity (Wildman–Crippen MR) is 75.4 cm³/mol. The van der Waals surface area contributed by atoms with Gasteiger partial charge in [0.15, 0.2) is 0 Å². The second-order valence-electron chi connectivity index (χ2n) is 4.19. The Labute approximate surface area is 113 Å². The van der Waals surface area contributed by atoms with Crippen molar-refractivity contribution in [2.24, 2.45) is 5.92 Å². The molecular weight excluding hydrogens is 248 g/mol. The van der Waals surface area contributed by atoms with Gasteiger partial charge in [-0.25, -0.2) is 0 Å². The normalized spacial score (nSPS) is 12.1. The van der Waals surface area contributed by atoms with Crippen LogP contribution in [0.5, 0.6) is 5.75 Å². The van der Waals surface area contributed by atoms with Crippen molar-refractivity contribution in [3.05, 3.63) is 29.8 Å². The number of carboxylic acid groups (broad SMARTS) is 1. The Kier molecular flexibility index (Phi) is 6.65. The molecule has 1 N–H and O–H groups in total. The van der Waals surface area contributed by atoms with E-state index >= 15 is 0 Å². The zero-order valence-electron chi connectivity index (χ0n) is 10.9. The Morgan fingerprint density at radius 1 is 1.44 bits per heavy atom. The maximum atomic E-state index is 11.3. The fraction of sp³-hybridized carbons (Fsp3) is 0.500. The van der Waals surface area contributed by atoms with E-state index in [4.69, 9.17) is 4.74 Å². The summed E-state index contributed by atoms with van der Waals surface area (Å²) in [7, 11) is 1.61. The molecule has 0 aliphatic heterocycles. The lowest BCUT2D eigenvalue weighted by molar-refractivity contribution is -0.141. The van der Waals surface area contributed by atoms with Crippen LogP contribution in [0.2, 0.25) is 0 Å². The number of para-hydroxylation sites is 1. The molecule has 1 unspecified atom stereocenters. The number of benzene rings is 1. The van der Waals surface area contributed by atoms with Crippen LogP contribution >= 0.6 is 11.8 Å². The second-order valence-corrected chi connectivity index (χ2v) is 5.17. The maximum absolute atomic E-state index is 11.3. The first-order chi connectivity index (χ1) is 8.69. The second kappa shape index (κ2) is 8.03. The smallest absolute Gasteiger partial charge is 0.306 e. The van der Waals surface area contributed by atoms with Crippen molar-refractivity contribution in [1.29, 1.82) is 0 Å². The Bertz CT molecular complexity index is 379. The predicted octanol–water partition coefficient (Wildman–Crippen LogP) is 3.08. The largest absolute Gasteiger partial charge is 0.496 e. The van der Waals surface area contributed by atoms with Crippen LogP contribution in [-0.2, 0) is 11.2 Å². The zero-order valence-corrected chi connectivity index (χ0v) is 11.7. The van der Waals surface area contributed by atoms with Crippen molar-refractivity contribution >= 4 is 17.7 Å². The fourth-order valence-corrected chi connectivity index (χ4v) is 2.38. The van der Waals surface area contributed by atoms with E-state index in [0.29, 0.717) is 12.8 Å². The number of aliphatic carboxylic acids is 1. The van der Waals surface area contributed by atoms with Crippen LogP contribution in [0.4, 0.5) is 0 Å². The van der Waals surface area contributed by atoms with Gasteiger partial charge in [0, 0.05) is 0 Å². The van der Waals surface area contributed by atoms with Crippen LogP contribution in [-0.4, -0.2) is 30.2 Å². The summed E-state index contributed by atoms with van der Waals surface area (Å²) in [5.41, 5.74) is 0.969. The minimum atomic E-state index is -0.720. The lowest BCUT2D eigenvalue weighted by Crippen LogP contribution is -2.17. The summed E-state index contributed by atoms with van der Waals surface area (Å²) < 4.78 is 5.25. The molecule has 0 amide bonds. The quantitative estimate of drug-likeness (QED) is 0.736. The van der Waals surface area contributed by atoms with Gasteiger partial charge in [-0.15, -0.1) is 0 Å². The molecule has 4 heteroatoms. The summed E-state index contributed by atoms with van der Waals surface area (Å²) >= 11 is 1.75. The van der Waals surface area contributed by atoms with E-state index in [9.17, 15) is 9.90 Å². The Balaban J connectivity index is 2.67. The van der Waals surface area contributed by atoms with Crippen LogP contribution in [0.15, 0.2) is 24.3 Å². The molecule has 0 heterocycles. The molecule has 0 radical (unpaired) electrons. The molecule has 0 spiro atoms. The molecule has 0 saturated heterocycles. The summed E-state index contributed by atoms with van der Waals surface area (Å²) in [5, 5.41) is 9.25. The van der Waals surface area contributed by atoms with Gasteiger partial charge in [0.25, 0.3) is 0 Å². The van der Waals surface area contributed by atoms with Crippen LogP contribution in [0.3, 0.4) is 0 Å². The molecule has 1 aromatic rings. The highest BCUT2D eigenvalue weighted by molar-refractivity contribution is 7.98. The molecule has 0 aliphatic rings. The van der Waals surface area contributed by atoms with Crippen LogP contribution < -0.4 is 4.74 Å². The number of hydrogen-bond acceptors (Lipinski definition) is 3. The summed E-state index contributed by atoms with van der Waals surface area (Å²) in [6.07, 6.45) is 4.23. The molecule has 1 rings (SSSR count). The molecule has 1 atom stereocenters. The lowest BCUT2D eigenvalue weighted by atomic mass is 9.94. The molecule has 1 aromatic carbocycles. The van der Waals surface area contributed by atoms with Crippen LogP contribution in [0.25, 0.3) is 0 Å². The van der Waals surface area contributed by atoms with E-state index in [1.165, 1.54) is 0 Å². The van der Waals surface area contributed by atoms with E-state index in [1.54, 1.807) is 18.9 Å². The van der Waals surface area contributed by atoms with Gasteiger partial charge in [0.2, 0.25) is 0 Å². The standard InChI is InChI=1S/C14H20O3S/c1-17-13-8-4-3-6-11(13)10-12(14(15)16)7-5-9-18-2/h3-4,6,8,12H,5,7,9-10H2,1-2H3,(H,15,16). The number of methoxy groups -OCH3 is 1. The average Bonchev–Trinajstić information content (AvgIpc) is 2.38. The van der Waals surface area contributed by atoms with Gasteiger partial charge in [0.1, 0.15) is 5.75 Å². The van der Waals surface area contributed by atoms with Crippen molar-refractivity contribution in [1.82, 2.24) is 0 Å². The molecule has 0 aromatic heterocycles. The highest BCUT2D eigenvalue weighted by atomic mass is 32.2. The Morgan fingerprint density at radius 2 is 2.17 bits per heavy atom. The molecule has 3 nitrogen and oxygen atoms in total. The number of carboxylic acids is 1. The lowest BCUT2D eigenvalue weighted by Gasteiger charge is -2.14. The summed E-state index contributed by atoms with van der Waals surface area (Å²) in [5.74, 6) is 0.736. The Morgan fingerprint density at radius 3 is 2.78 bits per heavy atom. The minimum absolute atomic E-state index is 0.326. The van der Waals surface area contributed by atoms with Crippen molar-refractivity contribution < 1.29 is 14.6 Å². The summed E-state index contributed by atoms with van der Waals surface area (Å²) in [4.78, 5) is 11.3. The highest BCUT2D eigenvalue weighted by Crippen LogP contribution is 2.23. The number of hydrogen-bond donors (Lipinski definition) is 1. The van der Waals surface area contributed by atoms with Crippen LogP contribution in [0, 0.1) is 5.92 Å². The van der Waals surface area contributed by atoms with Gasteiger partial charge >= 0.3 is 5.97 Å². The first-order valence-corrected chi connectivity index (χ1v) is 7.42. The van der Waals surface area contributed by atoms with Crippen molar-refractivity contribution in [2.75, 3.05) is 19.1 Å². The van der Waals surface area contributed by atoms with Gasteiger partial charge in [-0.05, 0) is 42.9 Å². The van der Waals surface area contributed by atoms with E-state index < -0.39 is 5.97 Å². The minimum Gasteiger partial charge on any atom is -0.496 e. The Hall–Kier alpha value is -1.16. The monoisotopic (exact) mass is 268 g/mol. The number of ether oxygens (including phenoxy) is 1. The fourth-order valence-electron chi connectivity index (χ4n) is 1.92. The third kappa shape index (κ3) is 4.61. The molecule has 0 saturated carbocycles. The number of thioether (sulfide) groups is 1. The number of carbonyl (C=O) groups is 1. The third-order valence-corrected chi connectivity index (χ3v) is 3.61. The van der Waals surface area contributed by atoms with Crippen molar-refractivity contribution in [2.45, 2.75) is 19.3 Å². The molecule has 100 valence electrons. The molecule has 18 heavy (non-hydrogen) atoms. The maximum Gasteiger partial charge on any atom is 0.306 e. The van der Waals surface area contributed by atoms with Crippen LogP contribution in [0.1, 0.15) is 18.4 Å². The van der Waals surface area contributed by atoms with E-state index in [2.05, 4.69) is 0 Å². The van der Waals surface area contributed by atoms with Gasteiger partial charge in [-0.2, -0.15) is 11.8 Å². The summed E-state index contributed by atoms with van der Waals surface area (Å²) in [6, 6.07) is 7.62. The van der Waals surface area contributed by atoms with Crippen molar-refractivity contribution in [3.8, 4) is 5.75 Å². The molecule has 0 bridgehead atoms. The zero-order chi connectivity index (χ0) is 13.4. The van der Waals surface area contributed by atoms with E-state index in [1.807, 2.05) is 30.5 Å². The molecular formula is C14H20O3S. The van der Waals surface area contributed by atoms with Crippen molar-refractivity contribution in [3.63, 3.8) is 0 Å². The van der Waals surface area contributed by atoms with E-state index in [0.717, 1.165) is 23.5 Å². The van der Waals surface area contributed by atoms with Gasteiger partial charge < -0.3 is 9.84 Å². The van der Waals surface area contributed by atoms with E-state index in [-0.39, 0.29) is 5.92 Å².